The highest BCUT2D eigenvalue weighted by Gasteiger charge is 2.26. The highest BCUT2D eigenvalue weighted by molar-refractivity contribution is 9.10. The quantitative estimate of drug-likeness (QED) is 0.767. The van der Waals surface area contributed by atoms with Crippen molar-refractivity contribution in [2.75, 3.05) is 18.4 Å². The number of halogens is 1. The highest BCUT2D eigenvalue weighted by Crippen LogP contribution is 2.21. The zero-order valence-corrected chi connectivity index (χ0v) is 16.8. The van der Waals surface area contributed by atoms with E-state index in [0.29, 0.717) is 11.3 Å². The van der Waals surface area contributed by atoms with Crippen LogP contribution in [-0.4, -0.2) is 31.7 Å². The van der Waals surface area contributed by atoms with E-state index >= 15 is 0 Å². The van der Waals surface area contributed by atoms with Crippen molar-refractivity contribution in [3.8, 4) is 0 Å². The maximum Gasteiger partial charge on any atom is 0.243 e. The van der Waals surface area contributed by atoms with Gasteiger partial charge in [0.2, 0.25) is 15.9 Å². The average Bonchev–Trinajstić information content (AvgIpc) is 2.56. The lowest BCUT2D eigenvalue weighted by molar-refractivity contribution is -0.116. The second kappa shape index (κ2) is 8.12. The molecule has 0 aliphatic rings. The summed E-state index contributed by atoms with van der Waals surface area (Å²) in [4.78, 5) is 12.5. The number of carbonyl (C=O) groups excluding carboxylic acids is 1. The Kier molecular flexibility index (Phi) is 6.37. The molecular formula is C18H21BrN2O3S. The summed E-state index contributed by atoms with van der Waals surface area (Å²) in [7, 11) is -3.73. The van der Waals surface area contributed by atoms with Crippen molar-refractivity contribution < 1.29 is 13.2 Å². The summed E-state index contributed by atoms with van der Waals surface area (Å²) in [5.74, 6) is -0.377. The minimum Gasteiger partial charge on any atom is -0.325 e. The van der Waals surface area contributed by atoms with Gasteiger partial charge in [0.05, 0.1) is 11.4 Å². The van der Waals surface area contributed by atoms with Crippen LogP contribution >= 0.6 is 15.9 Å². The topological polar surface area (TPSA) is 66.5 Å². The van der Waals surface area contributed by atoms with Crippen molar-refractivity contribution in [3.63, 3.8) is 0 Å². The van der Waals surface area contributed by atoms with Crippen LogP contribution in [0.1, 0.15) is 18.1 Å². The van der Waals surface area contributed by atoms with Gasteiger partial charge in [-0.2, -0.15) is 4.31 Å². The molecule has 134 valence electrons. The van der Waals surface area contributed by atoms with Gasteiger partial charge in [-0.15, -0.1) is 0 Å². The number of hydrogen-bond donors (Lipinski definition) is 1. The third-order valence-electron chi connectivity index (χ3n) is 3.76. The molecule has 0 radical (unpaired) electrons. The van der Waals surface area contributed by atoms with Gasteiger partial charge in [-0.1, -0.05) is 35.0 Å². The zero-order chi connectivity index (χ0) is 18.6. The maximum absolute atomic E-state index is 12.9. The lowest BCUT2D eigenvalue weighted by atomic mass is 10.2. The fourth-order valence-corrected chi connectivity index (χ4v) is 4.36. The van der Waals surface area contributed by atoms with E-state index in [1.807, 2.05) is 13.0 Å². The molecule has 0 aliphatic carbocycles. The van der Waals surface area contributed by atoms with Crippen molar-refractivity contribution in [1.29, 1.82) is 0 Å². The molecule has 7 heteroatoms. The molecule has 0 aliphatic heterocycles. The fourth-order valence-electron chi connectivity index (χ4n) is 2.38. The first-order chi connectivity index (χ1) is 11.7. The lowest BCUT2D eigenvalue weighted by Crippen LogP contribution is -2.38. The van der Waals surface area contributed by atoms with Gasteiger partial charge in [0.1, 0.15) is 0 Å². The van der Waals surface area contributed by atoms with Gasteiger partial charge in [0.25, 0.3) is 0 Å². The van der Waals surface area contributed by atoms with Crippen LogP contribution in [0, 0.1) is 13.8 Å². The first-order valence-corrected chi connectivity index (χ1v) is 10.1. The van der Waals surface area contributed by atoms with E-state index in [-0.39, 0.29) is 23.9 Å². The van der Waals surface area contributed by atoms with Gasteiger partial charge in [-0.05, 0) is 55.3 Å². The van der Waals surface area contributed by atoms with E-state index < -0.39 is 10.0 Å². The molecule has 0 saturated carbocycles. The molecule has 0 atom stereocenters. The van der Waals surface area contributed by atoms with Crippen LogP contribution < -0.4 is 5.32 Å². The monoisotopic (exact) mass is 424 g/mol. The summed E-state index contributed by atoms with van der Waals surface area (Å²) in [5, 5.41) is 2.72. The maximum atomic E-state index is 12.9. The highest BCUT2D eigenvalue weighted by atomic mass is 79.9. The normalized spacial score (nSPS) is 11.6. The summed E-state index contributed by atoms with van der Waals surface area (Å²) in [6, 6.07) is 12.4. The molecule has 1 amide bonds. The zero-order valence-electron chi connectivity index (χ0n) is 14.4. The number of hydrogen-bond acceptors (Lipinski definition) is 3. The van der Waals surface area contributed by atoms with Gasteiger partial charge in [0, 0.05) is 16.7 Å². The molecule has 2 aromatic carbocycles. The molecule has 5 nitrogen and oxygen atoms in total. The molecule has 0 aromatic heterocycles. The Hall–Kier alpha value is -1.70. The van der Waals surface area contributed by atoms with Gasteiger partial charge in [0.15, 0.2) is 0 Å². The third-order valence-corrected chi connectivity index (χ3v) is 6.35. The standard InChI is InChI=1S/C18H21BrN2O3S/c1-4-21(12-18(22)20-16-9-7-15(19)8-10-16)25(23,24)17-11-13(2)5-6-14(17)3/h5-11H,4,12H2,1-3H3,(H,20,22). The molecular weight excluding hydrogens is 404 g/mol. The number of anilines is 1. The third kappa shape index (κ3) is 4.90. The van der Waals surface area contributed by atoms with Crippen LogP contribution in [0.3, 0.4) is 0 Å². The van der Waals surface area contributed by atoms with Crippen molar-refractivity contribution in [2.45, 2.75) is 25.7 Å². The van der Waals surface area contributed by atoms with Gasteiger partial charge < -0.3 is 5.32 Å². The second-order valence-electron chi connectivity index (χ2n) is 5.76. The Balaban J connectivity index is 2.19. The SMILES string of the molecule is CCN(CC(=O)Nc1ccc(Br)cc1)S(=O)(=O)c1cc(C)ccc1C. The molecule has 0 unspecified atom stereocenters. The molecule has 0 fully saturated rings. The Labute approximate surface area is 157 Å². The first kappa shape index (κ1) is 19.6. The number of likely N-dealkylation sites (N-methyl/N-ethyl adjacent to an activating group) is 1. The van der Waals surface area contributed by atoms with Crippen LogP contribution in [-0.2, 0) is 14.8 Å². The van der Waals surface area contributed by atoms with Gasteiger partial charge in [-0.3, -0.25) is 4.79 Å². The minimum atomic E-state index is -3.73. The van der Waals surface area contributed by atoms with Crippen LogP contribution in [0.15, 0.2) is 51.8 Å². The van der Waals surface area contributed by atoms with E-state index in [1.54, 1.807) is 50.2 Å². The van der Waals surface area contributed by atoms with Crippen LogP contribution in [0.4, 0.5) is 5.69 Å². The fraction of sp³-hybridized carbons (Fsp3) is 0.278. The average molecular weight is 425 g/mol. The molecule has 1 N–H and O–H groups in total. The van der Waals surface area contributed by atoms with Crippen molar-refractivity contribution in [1.82, 2.24) is 4.31 Å². The summed E-state index contributed by atoms with van der Waals surface area (Å²) in [6.07, 6.45) is 0. The van der Waals surface area contributed by atoms with E-state index in [0.717, 1.165) is 10.0 Å². The van der Waals surface area contributed by atoms with Gasteiger partial charge in [-0.25, -0.2) is 8.42 Å². The van der Waals surface area contributed by atoms with Crippen molar-refractivity contribution in [3.05, 3.63) is 58.1 Å². The molecule has 0 bridgehead atoms. The van der Waals surface area contributed by atoms with Crippen molar-refractivity contribution >= 4 is 37.5 Å². The number of amides is 1. The van der Waals surface area contributed by atoms with E-state index in [1.165, 1.54) is 4.31 Å². The molecule has 25 heavy (non-hydrogen) atoms. The lowest BCUT2D eigenvalue weighted by Gasteiger charge is -2.21. The summed E-state index contributed by atoms with van der Waals surface area (Å²) in [5.41, 5.74) is 2.14. The summed E-state index contributed by atoms with van der Waals surface area (Å²) >= 11 is 3.33. The Morgan fingerprint density at radius 3 is 2.36 bits per heavy atom. The van der Waals surface area contributed by atoms with Crippen molar-refractivity contribution in [2.24, 2.45) is 0 Å². The van der Waals surface area contributed by atoms with Crippen LogP contribution in [0.25, 0.3) is 0 Å². The minimum absolute atomic E-state index is 0.212. The largest absolute Gasteiger partial charge is 0.325 e. The Morgan fingerprint density at radius 1 is 1.12 bits per heavy atom. The number of benzene rings is 2. The number of nitrogens with one attached hydrogen (secondary N) is 1. The predicted molar refractivity (Wildman–Crippen MR) is 103 cm³/mol. The van der Waals surface area contributed by atoms with E-state index in [4.69, 9.17) is 0 Å². The molecule has 0 saturated heterocycles. The number of nitrogens with zero attached hydrogens (tertiary/aromatic N) is 1. The molecule has 0 heterocycles. The van der Waals surface area contributed by atoms with E-state index in [9.17, 15) is 13.2 Å². The van der Waals surface area contributed by atoms with E-state index in [2.05, 4.69) is 21.2 Å². The number of sulfonamides is 1. The summed E-state index contributed by atoms with van der Waals surface area (Å²) < 4.78 is 27.9. The Bertz CT molecular complexity index is 864. The molecule has 2 aromatic rings. The first-order valence-electron chi connectivity index (χ1n) is 7.87. The van der Waals surface area contributed by atoms with Crippen LogP contribution in [0.2, 0.25) is 0 Å². The molecule has 0 spiro atoms. The smallest absolute Gasteiger partial charge is 0.243 e. The molecule has 2 rings (SSSR count). The number of rotatable bonds is 6. The summed E-state index contributed by atoms with van der Waals surface area (Å²) in [6.45, 7) is 5.29. The van der Waals surface area contributed by atoms with Gasteiger partial charge >= 0.3 is 0 Å². The predicted octanol–water partition coefficient (Wildman–Crippen LogP) is 3.72. The number of aryl methyl sites for hydroxylation is 2. The Morgan fingerprint density at radius 2 is 1.76 bits per heavy atom. The van der Waals surface area contributed by atoms with Crippen LogP contribution in [0.5, 0.6) is 0 Å². The number of carbonyl (C=O) groups is 1. The second-order valence-corrected chi connectivity index (χ2v) is 8.58.